The number of nitrogens with zero attached hydrogens (tertiary/aromatic N) is 2. The largest absolute Gasteiger partial charge is 0.493 e. The van der Waals surface area contributed by atoms with E-state index >= 15 is 0 Å². The van der Waals surface area contributed by atoms with Crippen molar-refractivity contribution in [1.29, 1.82) is 0 Å². The van der Waals surface area contributed by atoms with Crippen LogP contribution in [0.25, 0.3) is 0 Å². The number of para-hydroxylation sites is 1. The Hall–Kier alpha value is -3.48. The van der Waals surface area contributed by atoms with E-state index in [-0.39, 0.29) is 18.0 Å². The molecule has 2 aromatic carbocycles. The highest BCUT2D eigenvalue weighted by atomic mass is 16.5. The number of hydrogen-bond acceptors (Lipinski definition) is 4. The van der Waals surface area contributed by atoms with Gasteiger partial charge in [0.1, 0.15) is 0 Å². The molecule has 3 amide bonds. The molecule has 0 aliphatic carbocycles. The molecule has 0 saturated carbocycles. The van der Waals surface area contributed by atoms with Gasteiger partial charge in [0, 0.05) is 12.6 Å². The highest BCUT2D eigenvalue weighted by Gasteiger charge is 2.45. The van der Waals surface area contributed by atoms with Gasteiger partial charge in [-0.3, -0.25) is 9.69 Å². The lowest BCUT2D eigenvalue weighted by Crippen LogP contribution is -2.45. The van der Waals surface area contributed by atoms with Crippen LogP contribution in [0.1, 0.15) is 30.1 Å². The van der Waals surface area contributed by atoms with Gasteiger partial charge in [0.15, 0.2) is 11.5 Å². The minimum absolute atomic E-state index is 0.0944. The highest BCUT2D eigenvalue weighted by Crippen LogP contribution is 2.43. The van der Waals surface area contributed by atoms with E-state index in [4.69, 9.17) is 9.47 Å². The lowest BCUT2D eigenvalue weighted by Gasteiger charge is -2.31. The monoisotopic (exact) mass is 407 g/mol. The van der Waals surface area contributed by atoms with E-state index < -0.39 is 6.04 Å². The van der Waals surface area contributed by atoms with Crippen LogP contribution in [0.5, 0.6) is 11.5 Å². The van der Waals surface area contributed by atoms with Gasteiger partial charge in [-0.15, -0.1) is 0 Å². The molecule has 2 aliphatic heterocycles. The fraction of sp³-hybridized carbons (Fsp3) is 0.304. The zero-order chi connectivity index (χ0) is 21.4. The molecule has 156 valence electrons. The fourth-order valence-corrected chi connectivity index (χ4v) is 4.19. The van der Waals surface area contributed by atoms with Gasteiger partial charge >= 0.3 is 6.03 Å². The van der Waals surface area contributed by atoms with Crippen molar-refractivity contribution in [2.75, 3.05) is 27.8 Å². The van der Waals surface area contributed by atoms with Gasteiger partial charge in [-0.2, -0.15) is 0 Å². The van der Waals surface area contributed by atoms with Crippen molar-refractivity contribution in [3.63, 3.8) is 0 Å². The second kappa shape index (κ2) is 7.74. The number of carbonyl (C=O) groups is 2. The number of carbonyl (C=O) groups excluding carboxylic acids is 2. The molecule has 2 aromatic rings. The summed E-state index contributed by atoms with van der Waals surface area (Å²) in [5, 5.41) is 2.96. The van der Waals surface area contributed by atoms with Crippen LogP contribution in [-0.2, 0) is 4.79 Å². The molecule has 2 atom stereocenters. The molecule has 2 aliphatic rings. The number of amides is 3. The van der Waals surface area contributed by atoms with E-state index in [1.807, 2.05) is 49.4 Å². The van der Waals surface area contributed by atoms with E-state index in [1.54, 1.807) is 32.2 Å². The van der Waals surface area contributed by atoms with E-state index in [2.05, 4.69) is 5.32 Å². The molecule has 0 fully saturated rings. The molecule has 0 saturated heterocycles. The fourth-order valence-electron chi connectivity index (χ4n) is 4.19. The molecule has 30 heavy (non-hydrogen) atoms. The third-order valence-electron chi connectivity index (χ3n) is 5.88. The van der Waals surface area contributed by atoms with Gasteiger partial charge in [0.05, 0.1) is 44.1 Å². The van der Waals surface area contributed by atoms with Crippen LogP contribution in [-0.4, -0.2) is 49.6 Å². The van der Waals surface area contributed by atoms with Gasteiger partial charge in [0.2, 0.25) is 0 Å². The number of ether oxygens (including phenoxy) is 2. The Labute approximate surface area is 175 Å². The summed E-state index contributed by atoms with van der Waals surface area (Å²) in [4.78, 5) is 29.6. The quantitative estimate of drug-likeness (QED) is 0.826. The summed E-state index contributed by atoms with van der Waals surface area (Å²) in [6.45, 7) is 2.37. The second-order valence-corrected chi connectivity index (χ2v) is 7.40. The summed E-state index contributed by atoms with van der Waals surface area (Å²) in [6, 6.07) is 14.3. The van der Waals surface area contributed by atoms with Gasteiger partial charge in [-0.25, -0.2) is 4.79 Å². The zero-order valence-electron chi connectivity index (χ0n) is 17.5. The average Bonchev–Trinajstić information content (AvgIpc) is 3.13. The average molecular weight is 407 g/mol. The Morgan fingerprint density at radius 3 is 2.43 bits per heavy atom. The molecule has 1 N–H and O–H groups in total. The first-order valence-electron chi connectivity index (χ1n) is 9.82. The molecule has 0 aromatic heterocycles. The van der Waals surface area contributed by atoms with Gasteiger partial charge in [0.25, 0.3) is 5.91 Å². The molecule has 0 spiro atoms. The summed E-state index contributed by atoms with van der Waals surface area (Å²) < 4.78 is 11.0. The van der Waals surface area contributed by atoms with Gasteiger partial charge in [-0.1, -0.05) is 42.5 Å². The number of nitrogens with one attached hydrogen (secondary N) is 1. The SMILES string of the molecule is COc1cccc([C@@H]2NC(=O)N(C)C3=C2C(=O)N([C@H](C)c2ccccc2)C3)c1OC. The molecule has 7 heteroatoms. The minimum Gasteiger partial charge on any atom is -0.493 e. The van der Waals surface area contributed by atoms with Crippen LogP contribution in [0.2, 0.25) is 0 Å². The number of methoxy groups -OCH3 is 2. The standard InChI is InChI=1S/C23H25N3O4/c1-14(15-9-6-5-7-10-15)26-13-17-19(22(26)27)20(24-23(28)25(17)2)16-11-8-12-18(29-3)21(16)30-4/h5-12,14,20H,13H2,1-4H3,(H,24,28)/t14-,20+/m1/s1. The summed E-state index contributed by atoms with van der Waals surface area (Å²) >= 11 is 0. The maximum atomic E-state index is 13.6. The van der Waals surface area contributed by atoms with Crippen LogP contribution in [0.3, 0.4) is 0 Å². The van der Waals surface area contributed by atoms with Crippen LogP contribution < -0.4 is 14.8 Å². The van der Waals surface area contributed by atoms with Crippen molar-refractivity contribution >= 4 is 11.9 Å². The van der Waals surface area contributed by atoms with Crippen LogP contribution in [0.15, 0.2) is 59.8 Å². The zero-order valence-corrected chi connectivity index (χ0v) is 17.5. The van der Waals surface area contributed by atoms with Crippen molar-refractivity contribution in [2.45, 2.75) is 19.0 Å². The van der Waals surface area contributed by atoms with Gasteiger partial charge in [-0.05, 0) is 18.6 Å². The van der Waals surface area contributed by atoms with E-state index in [0.29, 0.717) is 34.9 Å². The number of benzene rings is 2. The first-order valence-corrected chi connectivity index (χ1v) is 9.82. The van der Waals surface area contributed by atoms with Crippen LogP contribution in [0, 0.1) is 0 Å². The molecule has 2 heterocycles. The van der Waals surface area contributed by atoms with E-state index in [1.165, 1.54) is 4.90 Å². The molecule has 0 unspecified atom stereocenters. The lowest BCUT2D eigenvalue weighted by atomic mass is 9.94. The van der Waals surface area contributed by atoms with Gasteiger partial charge < -0.3 is 19.7 Å². The molecule has 7 nitrogen and oxygen atoms in total. The predicted octanol–water partition coefficient (Wildman–Crippen LogP) is 3.26. The smallest absolute Gasteiger partial charge is 0.322 e. The van der Waals surface area contributed by atoms with Crippen LogP contribution in [0.4, 0.5) is 4.79 Å². The highest BCUT2D eigenvalue weighted by molar-refractivity contribution is 6.01. The molecular weight excluding hydrogens is 382 g/mol. The number of hydrogen-bond donors (Lipinski definition) is 1. The number of urea groups is 1. The Kier molecular flexibility index (Phi) is 5.11. The lowest BCUT2D eigenvalue weighted by molar-refractivity contribution is -0.127. The van der Waals surface area contributed by atoms with Crippen LogP contribution >= 0.6 is 0 Å². The van der Waals surface area contributed by atoms with Crippen molar-refractivity contribution in [1.82, 2.24) is 15.1 Å². The van der Waals surface area contributed by atoms with E-state index in [0.717, 1.165) is 5.56 Å². The summed E-state index contributed by atoms with van der Waals surface area (Å²) in [5.74, 6) is 0.956. The number of rotatable bonds is 5. The molecule has 0 radical (unpaired) electrons. The Balaban J connectivity index is 1.77. The first-order chi connectivity index (χ1) is 14.5. The Bertz CT molecular complexity index is 1020. The Morgan fingerprint density at radius 2 is 1.77 bits per heavy atom. The van der Waals surface area contributed by atoms with Crippen molar-refractivity contribution in [2.24, 2.45) is 0 Å². The summed E-state index contributed by atoms with van der Waals surface area (Å²) in [7, 11) is 4.80. The first kappa shape index (κ1) is 19.8. The summed E-state index contributed by atoms with van der Waals surface area (Å²) in [6.07, 6.45) is 0. The molecule has 4 rings (SSSR count). The second-order valence-electron chi connectivity index (χ2n) is 7.40. The normalized spacial score (nSPS) is 19.5. The topological polar surface area (TPSA) is 71.1 Å². The molecule has 0 bridgehead atoms. The summed E-state index contributed by atoms with van der Waals surface area (Å²) in [5.41, 5.74) is 3.00. The third-order valence-corrected chi connectivity index (χ3v) is 5.88. The van der Waals surface area contributed by atoms with Crippen molar-refractivity contribution in [3.8, 4) is 11.5 Å². The number of likely N-dealkylation sites (N-methyl/N-ethyl adjacent to an activating group) is 1. The maximum Gasteiger partial charge on any atom is 0.322 e. The molecular formula is C23H25N3O4. The van der Waals surface area contributed by atoms with Crippen molar-refractivity contribution < 1.29 is 19.1 Å². The minimum atomic E-state index is -0.616. The van der Waals surface area contributed by atoms with E-state index in [9.17, 15) is 9.59 Å². The van der Waals surface area contributed by atoms with Crippen molar-refractivity contribution in [3.05, 3.63) is 70.9 Å². The Morgan fingerprint density at radius 1 is 1.03 bits per heavy atom. The maximum absolute atomic E-state index is 13.6. The third kappa shape index (κ3) is 3.07. The predicted molar refractivity (Wildman–Crippen MR) is 112 cm³/mol.